The van der Waals surface area contributed by atoms with Crippen LogP contribution in [0.4, 0.5) is 0 Å². The molecule has 0 bridgehead atoms. The lowest BCUT2D eigenvalue weighted by atomic mass is 9.84. The molecule has 0 unspecified atom stereocenters. The third-order valence-corrected chi connectivity index (χ3v) is 5.16. The van der Waals surface area contributed by atoms with Crippen LogP contribution >= 0.6 is 0 Å². The number of carbonyl (C=O) groups excluding carboxylic acids is 1. The maximum Gasteiger partial charge on any atom is 0.232 e. The first-order valence-electron chi connectivity index (χ1n) is 8.43. The topological polar surface area (TPSA) is 64.6 Å². The Morgan fingerprint density at radius 1 is 1.43 bits per heavy atom. The SMILES string of the molecule is Cc1cncc(O[C@@H]2CCOC3(C2)CN(C(=O)[C@@H]2C[C@@H]2C)C3)n1. The van der Waals surface area contributed by atoms with E-state index in [1.54, 1.807) is 12.4 Å². The van der Waals surface area contributed by atoms with E-state index in [4.69, 9.17) is 9.47 Å². The minimum absolute atomic E-state index is 0.0805. The summed E-state index contributed by atoms with van der Waals surface area (Å²) in [4.78, 5) is 22.7. The van der Waals surface area contributed by atoms with Gasteiger partial charge in [-0.3, -0.25) is 9.78 Å². The number of hydrogen-bond donors (Lipinski definition) is 0. The number of amides is 1. The van der Waals surface area contributed by atoms with Crippen LogP contribution in [0.5, 0.6) is 5.88 Å². The highest BCUT2D eigenvalue weighted by molar-refractivity contribution is 5.82. The highest BCUT2D eigenvalue weighted by Gasteiger charge is 2.53. The molecule has 2 saturated heterocycles. The van der Waals surface area contributed by atoms with Crippen LogP contribution in [0.1, 0.15) is 31.9 Å². The van der Waals surface area contributed by atoms with Crippen molar-refractivity contribution >= 4 is 5.91 Å². The van der Waals surface area contributed by atoms with E-state index in [1.165, 1.54) is 0 Å². The first-order chi connectivity index (χ1) is 11.0. The zero-order valence-corrected chi connectivity index (χ0v) is 13.7. The lowest BCUT2D eigenvalue weighted by Crippen LogP contribution is -2.67. The van der Waals surface area contributed by atoms with Crippen molar-refractivity contribution in [3.8, 4) is 5.88 Å². The summed E-state index contributed by atoms with van der Waals surface area (Å²) in [7, 11) is 0. The number of rotatable bonds is 3. The van der Waals surface area contributed by atoms with Gasteiger partial charge in [0.15, 0.2) is 0 Å². The van der Waals surface area contributed by atoms with Crippen molar-refractivity contribution < 1.29 is 14.3 Å². The van der Waals surface area contributed by atoms with Crippen LogP contribution in [0, 0.1) is 18.8 Å². The minimum Gasteiger partial charge on any atom is -0.473 e. The van der Waals surface area contributed by atoms with Crippen LogP contribution in [0.15, 0.2) is 12.4 Å². The normalized spacial score (nSPS) is 31.6. The molecule has 1 aromatic rings. The van der Waals surface area contributed by atoms with E-state index < -0.39 is 0 Å². The predicted molar refractivity (Wildman–Crippen MR) is 83.0 cm³/mol. The lowest BCUT2D eigenvalue weighted by Gasteiger charge is -2.53. The van der Waals surface area contributed by atoms with Gasteiger partial charge in [-0.05, 0) is 19.3 Å². The third kappa shape index (κ3) is 2.92. The highest BCUT2D eigenvalue weighted by atomic mass is 16.5. The number of carbonyl (C=O) groups is 1. The summed E-state index contributed by atoms with van der Waals surface area (Å²) >= 11 is 0. The van der Waals surface area contributed by atoms with E-state index >= 15 is 0 Å². The molecule has 0 radical (unpaired) electrons. The Labute approximate surface area is 136 Å². The Balaban J connectivity index is 1.34. The van der Waals surface area contributed by atoms with Crippen LogP contribution in [0.25, 0.3) is 0 Å². The van der Waals surface area contributed by atoms with Crippen LogP contribution < -0.4 is 4.74 Å². The largest absolute Gasteiger partial charge is 0.473 e. The standard InChI is InChI=1S/C17H23N3O3/c1-11-5-14(11)16(21)20-9-17(10-20)6-13(3-4-22-17)23-15-8-18-7-12(2)19-15/h7-8,11,13-14H,3-6,9-10H2,1-2H3/t11-,13+,14+/m0/s1. The minimum atomic E-state index is -0.214. The number of hydrogen-bond acceptors (Lipinski definition) is 5. The van der Waals surface area contributed by atoms with E-state index in [0.717, 1.165) is 25.0 Å². The van der Waals surface area contributed by atoms with Crippen LogP contribution in [-0.4, -0.2) is 52.2 Å². The van der Waals surface area contributed by atoms with E-state index in [2.05, 4.69) is 16.9 Å². The molecule has 0 N–H and O–H groups in total. The summed E-state index contributed by atoms with van der Waals surface area (Å²) in [5, 5.41) is 0. The average molecular weight is 317 g/mol. The second-order valence-electron chi connectivity index (χ2n) is 7.28. The smallest absolute Gasteiger partial charge is 0.232 e. The van der Waals surface area contributed by atoms with Crippen molar-refractivity contribution in [2.45, 2.75) is 44.8 Å². The lowest BCUT2D eigenvalue weighted by molar-refractivity contribution is -0.194. The fraction of sp³-hybridized carbons (Fsp3) is 0.706. The predicted octanol–water partition coefficient (Wildman–Crippen LogP) is 1.58. The van der Waals surface area contributed by atoms with Gasteiger partial charge in [-0.25, -0.2) is 4.98 Å². The summed E-state index contributed by atoms with van der Waals surface area (Å²) in [5.41, 5.74) is 0.636. The fourth-order valence-electron chi connectivity index (χ4n) is 3.68. The molecule has 1 spiro atoms. The van der Waals surface area contributed by atoms with Gasteiger partial charge in [0.1, 0.15) is 11.7 Å². The molecule has 6 heteroatoms. The summed E-state index contributed by atoms with van der Waals surface area (Å²) in [6, 6.07) is 0. The molecular weight excluding hydrogens is 294 g/mol. The molecule has 2 aliphatic heterocycles. The second kappa shape index (κ2) is 5.44. The molecular formula is C17H23N3O3. The summed E-state index contributed by atoms with van der Waals surface area (Å²) in [6.07, 6.45) is 6.16. The van der Waals surface area contributed by atoms with Crippen molar-refractivity contribution in [3.05, 3.63) is 18.1 Å². The van der Waals surface area contributed by atoms with Crippen LogP contribution in [0.3, 0.4) is 0 Å². The summed E-state index contributed by atoms with van der Waals surface area (Å²) in [5.74, 6) is 1.69. The molecule has 3 heterocycles. The Morgan fingerprint density at radius 2 is 2.22 bits per heavy atom. The number of aryl methyl sites for hydroxylation is 1. The second-order valence-corrected chi connectivity index (χ2v) is 7.28. The first-order valence-corrected chi connectivity index (χ1v) is 8.43. The Morgan fingerprint density at radius 3 is 2.91 bits per heavy atom. The van der Waals surface area contributed by atoms with Gasteiger partial charge in [0, 0.05) is 25.0 Å². The van der Waals surface area contributed by atoms with Crippen molar-refractivity contribution in [2.24, 2.45) is 11.8 Å². The van der Waals surface area contributed by atoms with Gasteiger partial charge < -0.3 is 14.4 Å². The molecule has 4 rings (SSSR count). The van der Waals surface area contributed by atoms with E-state index in [1.807, 2.05) is 11.8 Å². The first kappa shape index (κ1) is 14.9. The zero-order chi connectivity index (χ0) is 16.0. The van der Waals surface area contributed by atoms with E-state index in [9.17, 15) is 4.79 Å². The molecule has 3 aliphatic rings. The Hall–Kier alpha value is -1.69. The molecule has 1 aromatic heterocycles. The highest BCUT2D eigenvalue weighted by Crippen LogP contribution is 2.43. The summed E-state index contributed by atoms with van der Waals surface area (Å²) in [6.45, 7) is 6.12. The number of likely N-dealkylation sites (tertiary alicyclic amines) is 1. The van der Waals surface area contributed by atoms with Crippen molar-refractivity contribution in [1.29, 1.82) is 0 Å². The molecule has 124 valence electrons. The molecule has 1 saturated carbocycles. The Bertz CT molecular complexity index is 615. The van der Waals surface area contributed by atoms with Crippen LogP contribution in [-0.2, 0) is 9.53 Å². The maximum absolute atomic E-state index is 12.3. The molecule has 0 aromatic carbocycles. The monoisotopic (exact) mass is 317 g/mol. The van der Waals surface area contributed by atoms with Gasteiger partial charge in [-0.1, -0.05) is 6.92 Å². The molecule has 1 amide bonds. The van der Waals surface area contributed by atoms with E-state index in [0.29, 0.717) is 37.4 Å². The zero-order valence-electron chi connectivity index (χ0n) is 13.7. The number of aromatic nitrogens is 2. The number of nitrogens with zero attached hydrogens (tertiary/aromatic N) is 3. The molecule has 23 heavy (non-hydrogen) atoms. The molecule has 6 nitrogen and oxygen atoms in total. The van der Waals surface area contributed by atoms with Gasteiger partial charge in [-0.2, -0.15) is 0 Å². The van der Waals surface area contributed by atoms with E-state index in [-0.39, 0.29) is 17.6 Å². The van der Waals surface area contributed by atoms with Crippen LogP contribution in [0.2, 0.25) is 0 Å². The maximum atomic E-state index is 12.3. The van der Waals surface area contributed by atoms with Gasteiger partial charge in [0.2, 0.25) is 11.8 Å². The van der Waals surface area contributed by atoms with Gasteiger partial charge >= 0.3 is 0 Å². The summed E-state index contributed by atoms with van der Waals surface area (Å²) < 4.78 is 12.0. The van der Waals surface area contributed by atoms with Gasteiger partial charge in [0.05, 0.1) is 31.6 Å². The third-order valence-electron chi connectivity index (χ3n) is 5.16. The molecule has 3 fully saturated rings. The van der Waals surface area contributed by atoms with Gasteiger partial charge in [-0.15, -0.1) is 0 Å². The van der Waals surface area contributed by atoms with Crippen molar-refractivity contribution in [3.63, 3.8) is 0 Å². The number of ether oxygens (including phenoxy) is 2. The van der Waals surface area contributed by atoms with Gasteiger partial charge in [0.25, 0.3) is 0 Å². The van der Waals surface area contributed by atoms with Crippen molar-refractivity contribution in [2.75, 3.05) is 19.7 Å². The quantitative estimate of drug-likeness (QED) is 0.847. The van der Waals surface area contributed by atoms with Crippen molar-refractivity contribution in [1.82, 2.24) is 14.9 Å². The Kier molecular flexibility index (Phi) is 3.52. The fourth-order valence-corrected chi connectivity index (χ4v) is 3.68. The molecule has 3 atom stereocenters. The average Bonchev–Trinajstić information content (AvgIpc) is 3.21. The molecule has 1 aliphatic carbocycles.